The predicted octanol–water partition coefficient (Wildman–Crippen LogP) is -7.10. The molecule has 21 heavy (non-hydrogen) atoms. The van der Waals surface area contributed by atoms with Gasteiger partial charge in [-0.25, -0.2) is 0 Å². The van der Waals surface area contributed by atoms with Gasteiger partial charge in [-0.2, -0.15) is 0 Å². The second kappa shape index (κ2) is 13.3. The molecule has 2 aromatic heterocycles. The van der Waals surface area contributed by atoms with E-state index in [1.807, 2.05) is 0 Å². The summed E-state index contributed by atoms with van der Waals surface area (Å²) in [4.78, 5) is 27.3. The van der Waals surface area contributed by atoms with Gasteiger partial charge in [0.15, 0.2) is 0 Å². The summed E-state index contributed by atoms with van der Waals surface area (Å²) in [6.07, 6.45) is 5.50. The van der Waals surface area contributed by atoms with Gasteiger partial charge in [0.2, 0.25) is 0 Å². The zero-order valence-corrected chi connectivity index (χ0v) is 13.1. The Morgan fingerprint density at radius 3 is 1.29 bits per heavy atom. The van der Waals surface area contributed by atoms with Crippen LogP contribution in [0.15, 0.2) is 49.1 Å². The number of carboxylic acid groups (broad SMARTS) is 2. The molecule has 0 atom stereocenters. The molecule has 0 amide bonds. The Kier molecular flexibility index (Phi) is 15.5. The van der Waals surface area contributed by atoms with E-state index in [1.165, 1.54) is 36.9 Å². The van der Waals surface area contributed by atoms with Gasteiger partial charge in [-0.1, -0.05) is 12.1 Å². The minimum Gasteiger partial charge on any atom is -1.00 e. The van der Waals surface area contributed by atoms with Crippen LogP contribution in [0.4, 0.5) is 0 Å². The summed E-state index contributed by atoms with van der Waals surface area (Å²) >= 11 is 0. The summed E-state index contributed by atoms with van der Waals surface area (Å²) in [5.74, 6) is -2.38. The van der Waals surface area contributed by atoms with Gasteiger partial charge in [-0.15, -0.1) is 0 Å². The van der Waals surface area contributed by atoms with Gasteiger partial charge in [-0.3, -0.25) is 9.97 Å². The topological polar surface area (TPSA) is 106 Å². The minimum atomic E-state index is -1.19. The SMILES string of the molecule is O=C([O-])c1cccnc1.O=C([O-])c1cccnc1.[Cl-].[Cl-].[Cr+4]. The van der Waals surface area contributed by atoms with E-state index in [1.54, 1.807) is 12.1 Å². The fourth-order valence-corrected chi connectivity index (χ4v) is 0.967. The number of hydrogen-bond acceptors (Lipinski definition) is 6. The van der Waals surface area contributed by atoms with Crippen LogP contribution in [0.25, 0.3) is 0 Å². The normalized spacial score (nSPS) is 7.62. The maximum atomic E-state index is 10.0. The summed E-state index contributed by atoms with van der Waals surface area (Å²) in [7, 11) is 0. The molecule has 2 heterocycles. The van der Waals surface area contributed by atoms with Gasteiger partial charge in [0.1, 0.15) is 0 Å². The maximum Gasteiger partial charge on any atom is 4.00 e. The number of halogens is 2. The molecule has 0 aliphatic rings. The van der Waals surface area contributed by atoms with E-state index in [9.17, 15) is 19.8 Å². The molecule has 9 heteroatoms. The third kappa shape index (κ3) is 9.82. The van der Waals surface area contributed by atoms with Crippen LogP contribution in [-0.4, -0.2) is 21.9 Å². The van der Waals surface area contributed by atoms with Crippen molar-refractivity contribution < 1.29 is 62.0 Å². The van der Waals surface area contributed by atoms with Gasteiger partial charge >= 0.3 is 17.4 Å². The molecule has 2 aromatic rings. The zero-order chi connectivity index (χ0) is 13.4. The number of nitrogens with zero attached hydrogens (tertiary/aromatic N) is 2. The molecule has 0 radical (unpaired) electrons. The number of rotatable bonds is 2. The Hall–Kier alpha value is -1.65. The number of aromatic carboxylic acids is 2. The number of hydrogen-bond donors (Lipinski definition) is 0. The molecule has 0 fully saturated rings. The van der Waals surface area contributed by atoms with Crippen molar-refractivity contribution in [1.29, 1.82) is 0 Å². The van der Waals surface area contributed by atoms with E-state index >= 15 is 0 Å². The fraction of sp³-hybridized carbons (Fsp3) is 0. The van der Waals surface area contributed by atoms with Crippen LogP contribution in [0.2, 0.25) is 0 Å². The van der Waals surface area contributed by atoms with Crippen LogP contribution < -0.4 is 35.0 Å². The summed E-state index contributed by atoms with van der Waals surface area (Å²) in [5.41, 5.74) is 0.218. The number of pyridine rings is 2. The zero-order valence-electron chi connectivity index (χ0n) is 10.3. The molecule has 0 saturated heterocycles. The van der Waals surface area contributed by atoms with Crippen molar-refractivity contribution in [3.05, 3.63) is 60.2 Å². The third-order valence-electron chi connectivity index (χ3n) is 1.79. The molecule has 6 nitrogen and oxygen atoms in total. The van der Waals surface area contributed by atoms with E-state index < -0.39 is 11.9 Å². The molecule has 0 unspecified atom stereocenters. The third-order valence-corrected chi connectivity index (χ3v) is 1.79. The van der Waals surface area contributed by atoms with Crippen molar-refractivity contribution in [2.45, 2.75) is 0 Å². The van der Waals surface area contributed by atoms with Crippen molar-refractivity contribution in [2.24, 2.45) is 0 Å². The van der Waals surface area contributed by atoms with Crippen LogP contribution in [0.5, 0.6) is 0 Å². The molecular weight excluding hydrogens is 359 g/mol. The van der Waals surface area contributed by atoms with Gasteiger partial charge in [-0.05, 0) is 12.1 Å². The molecule has 0 N–H and O–H groups in total. The second-order valence-corrected chi connectivity index (χ2v) is 3.06. The first kappa shape index (κ1) is 24.4. The van der Waals surface area contributed by atoms with Gasteiger partial charge in [0.25, 0.3) is 0 Å². The Morgan fingerprint density at radius 1 is 0.810 bits per heavy atom. The van der Waals surface area contributed by atoms with Crippen LogP contribution in [-0.2, 0) is 17.4 Å². The first-order chi connectivity index (χ1) is 8.61. The molecule has 2 rings (SSSR count). The Balaban J connectivity index is -0.000000270. The first-order valence-corrected chi connectivity index (χ1v) is 4.84. The van der Waals surface area contributed by atoms with Crippen LogP contribution in [0.3, 0.4) is 0 Å². The van der Waals surface area contributed by atoms with E-state index in [0.717, 1.165) is 0 Å². The van der Waals surface area contributed by atoms with Crippen LogP contribution >= 0.6 is 0 Å². The minimum absolute atomic E-state index is 0. The van der Waals surface area contributed by atoms with E-state index in [4.69, 9.17) is 0 Å². The van der Waals surface area contributed by atoms with Crippen LogP contribution in [0.1, 0.15) is 20.7 Å². The van der Waals surface area contributed by atoms with E-state index in [2.05, 4.69) is 9.97 Å². The summed E-state index contributed by atoms with van der Waals surface area (Å²) < 4.78 is 0. The van der Waals surface area contributed by atoms with Crippen molar-refractivity contribution in [3.8, 4) is 0 Å². The number of carbonyl (C=O) groups excluding carboxylic acids is 2. The summed E-state index contributed by atoms with van der Waals surface area (Å²) in [6.45, 7) is 0. The van der Waals surface area contributed by atoms with E-state index in [0.29, 0.717) is 0 Å². The average Bonchev–Trinajstić information content (AvgIpc) is 2.41. The first-order valence-electron chi connectivity index (χ1n) is 4.84. The monoisotopic (exact) mass is 366 g/mol. The molecular formula is C12H8Cl2CrN2O4. The maximum absolute atomic E-state index is 10.0. The second-order valence-electron chi connectivity index (χ2n) is 3.06. The van der Waals surface area contributed by atoms with E-state index in [-0.39, 0.29) is 53.3 Å². The fourth-order valence-electron chi connectivity index (χ4n) is 0.967. The standard InChI is InChI=1S/2C6H5NO2.2ClH.Cr/c2*8-6(9)5-2-1-3-7-4-5;;;/h2*1-4H,(H,8,9);2*1H;/q;;;;+4/p-4. The molecule has 0 aliphatic carbocycles. The quantitative estimate of drug-likeness (QED) is 0.522. The summed E-state index contributed by atoms with van der Waals surface area (Å²) in [5, 5.41) is 20.1. The number of carboxylic acids is 2. The largest absolute Gasteiger partial charge is 4.00 e. The molecule has 0 aromatic carbocycles. The van der Waals surface area contributed by atoms with Gasteiger partial charge in [0.05, 0.1) is 11.9 Å². The van der Waals surface area contributed by atoms with Gasteiger partial charge < -0.3 is 44.6 Å². The van der Waals surface area contributed by atoms with Crippen molar-refractivity contribution >= 4 is 11.9 Å². The van der Waals surface area contributed by atoms with Crippen molar-refractivity contribution in [2.75, 3.05) is 0 Å². The molecule has 0 spiro atoms. The Bertz CT molecular complexity index is 480. The summed E-state index contributed by atoms with van der Waals surface area (Å²) in [6, 6.07) is 5.96. The molecule has 0 saturated carbocycles. The Labute approximate surface area is 144 Å². The average molecular weight is 367 g/mol. The Morgan fingerprint density at radius 2 is 1.14 bits per heavy atom. The number of aromatic nitrogens is 2. The number of carbonyl (C=O) groups is 2. The van der Waals surface area contributed by atoms with Crippen molar-refractivity contribution in [1.82, 2.24) is 9.97 Å². The van der Waals surface area contributed by atoms with Crippen molar-refractivity contribution in [3.63, 3.8) is 0 Å². The predicted molar refractivity (Wildman–Crippen MR) is 57.1 cm³/mol. The molecule has 0 aliphatic heterocycles. The smallest absolute Gasteiger partial charge is 1.00 e. The van der Waals surface area contributed by atoms with Crippen LogP contribution in [0, 0.1) is 0 Å². The molecule has 0 bridgehead atoms. The van der Waals surface area contributed by atoms with Gasteiger partial charge in [0, 0.05) is 35.9 Å². The molecule has 110 valence electrons.